The van der Waals surface area contributed by atoms with E-state index in [0.717, 1.165) is 30.1 Å². The quantitative estimate of drug-likeness (QED) is 0.541. The highest BCUT2D eigenvalue weighted by Crippen LogP contribution is 2.43. The van der Waals surface area contributed by atoms with E-state index < -0.39 is 0 Å². The highest BCUT2D eigenvalue weighted by atomic mass is 32.2. The van der Waals surface area contributed by atoms with Gasteiger partial charge in [0.25, 0.3) is 0 Å². The van der Waals surface area contributed by atoms with Gasteiger partial charge in [-0.1, -0.05) is 30.7 Å². The first-order valence-electron chi connectivity index (χ1n) is 10.8. The van der Waals surface area contributed by atoms with Crippen molar-refractivity contribution in [2.75, 3.05) is 11.5 Å². The molecule has 3 atom stereocenters. The fraction of sp³-hybridized carbons (Fsp3) is 0.500. The van der Waals surface area contributed by atoms with Gasteiger partial charge in [-0.3, -0.25) is 4.72 Å². The number of nitrogens with one attached hydrogen (secondary N) is 2. The van der Waals surface area contributed by atoms with E-state index in [0.29, 0.717) is 0 Å². The molecule has 3 unspecified atom stereocenters. The molecule has 1 saturated heterocycles. The Kier molecular flexibility index (Phi) is 6.88. The zero-order valence-corrected chi connectivity index (χ0v) is 17.9. The number of hydrogen-bond donors (Lipinski definition) is 3. The third-order valence-electron chi connectivity index (χ3n) is 6.51. The molecular formula is C24H32F2N2S. The number of hydrogen-bond acceptors (Lipinski definition) is 2. The maximum absolute atomic E-state index is 13.2. The molecule has 2 aromatic carbocycles. The van der Waals surface area contributed by atoms with Crippen LogP contribution in [-0.2, 0) is 13.1 Å². The minimum Gasteiger partial charge on any atom is -0.307 e. The molecule has 1 aliphatic carbocycles. The van der Waals surface area contributed by atoms with E-state index >= 15 is 0 Å². The molecule has 2 bridgehead atoms. The number of benzene rings is 2. The van der Waals surface area contributed by atoms with Crippen LogP contribution in [-0.4, -0.2) is 17.0 Å². The van der Waals surface area contributed by atoms with E-state index in [4.69, 9.17) is 0 Å². The molecule has 5 heteroatoms. The predicted molar refractivity (Wildman–Crippen MR) is 119 cm³/mol. The van der Waals surface area contributed by atoms with Crippen LogP contribution >= 0.6 is 11.1 Å². The Morgan fingerprint density at radius 3 is 2.17 bits per heavy atom. The second-order valence-electron chi connectivity index (χ2n) is 8.73. The van der Waals surface area contributed by atoms with Gasteiger partial charge < -0.3 is 5.32 Å². The van der Waals surface area contributed by atoms with Gasteiger partial charge in [-0.25, -0.2) is 19.9 Å². The van der Waals surface area contributed by atoms with Gasteiger partial charge in [0.2, 0.25) is 0 Å². The van der Waals surface area contributed by atoms with E-state index in [9.17, 15) is 8.78 Å². The third-order valence-corrected chi connectivity index (χ3v) is 8.93. The van der Waals surface area contributed by atoms with Crippen molar-refractivity contribution in [3.05, 3.63) is 71.3 Å². The van der Waals surface area contributed by atoms with Gasteiger partial charge >= 0.3 is 0 Å². The van der Waals surface area contributed by atoms with Crippen LogP contribution in [0, 0.1) is 17.6 Å². The zero-order chi connectivity index (χ0) is 20.1. The van der Waals surface area contributed by atoms with Gasteiger partial charge in [0, 0.05) is 18.6 Å². The maximum atomic E-state index is 13.2. The third kappa shape index (κ3) is 5.80. The average Bonchev–Trinajstić information content (AvgIpc) is 2.72. The molecule has 1 saturated carbocycles. The van der Waals surface area contributed by atoms with E-state index in [1.165, 1.54) is 50.0 Å². The molecule has 0 amide bonds. The van der Waals surface area contributed by atoms with Crippen LogP contribution in [0.5, 0.6) is 0 Å². The average molecular weight is 419 g/mol. The number of halogens is 2. The topological polar surface area (TPSA) is 24.1 Å². The van der Waals surface area contributed by atoms with E-state index in [1.54, 1.807) is 24.3 Å². The summed E-state index contributed by atoms with van der Waals surface area (Å²) in [4.78, 5) is 0. The largest absolute Gasteiger partial charge is 0.307 e. The molecule has 0 spiro atoms. The monoisotopic (exact) mass is 418 g/mol. The highest BCUT2D eigenvalue weighted by Gasteiger charge is 2.37. The number of rotatable bonds is 6. The van der Waals surface area contributed by atoms with Gasteiger partial charge in [0.1, 0.15) is 11.6 Å². The first-order valence-corrected chi connectivity index (χ1v) is 12.5. The molecule has 2 aromatic rings. The Balaban J connectivity index is 1.32. The van der Waals surface area contributed by atoms with Crippen molar-refractivity contribution in [2.45, 2.75) is 57.2 Å². The van der Waals surface area contributed by atoms with Crippen LogP contribution in [0.4, 0.5) is 8.78 Å². The lowest BCUT2D eigenvalue weighted by Gasteiger charge is -2.46. The molecule has 2 aliphatic rings. The summed E-state index contributed by atoms with van der Waals surface area (Å²) in [6.45, 7) is 1.66. The van der Waals surface area contributed by atoms with Crippen LogP contribution in [0.3, 0.4) is 0 Å². The van der Waals surface area contributed by atoms with Crippen LogP contribution in [0.15, 0.2) is 48.5 Å². The lowest BCUT2D eigenvalue weighted by Crippen LogP contribution is -2.50. The van der Waals surface area contributed by atoms with Crippen molar-refractivity contribution in [1.82, 2.24) is 10.0 Å². The van der Waals surface area contributed by atoms with E-state index in [-0.39, 0.29) is 28.3 Å². The van der Waals surface area contributed by atoms with Gasteiger partial charge in [-0.05, 0) is 84.9 Å². The van der Waals surface area contributed by atoms with Crippen LogP contribution in [0.25, 0.3) is 0 Å². The van der Waals surface area contributed by atoms with Crippen molar-refractivity contribution < 1.29 is 8.78 Å². The molecule has 1 aliphatic heterocycles. The molecule has 2 nitrogen and oxygen atoms in total. The van der Waals surface area contributed by atoms with Crippen LogP contribution in [0.1, 0.15) is 49.7 Å². The first-order chi connectivity index (χ1) is 14.1. The van der Waals surface area contributed by atoms with Crippen molar-refractivity contribution in [3.63, 3.8) is 0 Å². The summed E-state index contributed by atoms with van der Waals surface area (Å²) >= 11 is -0.169. The van der Waals surface area contributed by atoms with Gasteiger partial charge in [-0.15, -0.1) is 0 Å². The normalized spacial score (nSPS) is 28.5. The first kappa shape index (κ1) is 20.8. The Labute approximate surface area is 176 Å². The van der Waals surface area contributed by atoms with Crippen molar-refractivity contribution in [1.29, 1.82) is 0 Å². The fourth-order valence-corrected chi connectivity index (χ4v) is 7.32. The second kappa shape index (κ2) is 9.59. The molecule has 1 heterocycles. The number of thiol groups is 1. The smallest absolute Gasteiger partial charge is 0.123 e. The summed E-state index contributed by atoms with van der Waals surface area (Å²) < 4.78 is 30.1. The van der Waals surface area contributed by atoms with Crippen LogP contribution < -0.4 is 10.0 Å². The van der Waals surface area contributed by atoms with Gasteiger partial charge in [-0.2, -0.15) is 0 Å². The zero-order valence-electron chi connectivity index (χ0n) is 17.0. The summed E-state index contributed by atoms with van der Waals surface area (Å²) in [5.74, 6) is 2.98. The Hall–Kier alpha value is -1.43. The van der Waals surface area contributed by atoms with E-state index in [2.05, 4.69) is 10.0 Å². The second-order valence-corrected chi connectivity index (χ2v) is 10.9. The molecule has 2 N–H and O–H groups in total. The van der Waals surface area contributed by atoms with Gasteiger partial charge in [0.15, 0.2) is 0 Å². The summed E-state index contributed by atoms with van der Waals surface area (Å²) in [5.41, 5.74) is 2.57. The Bertz CT molecular complexity index is 780. The molecule has 4 rings (SSSR count). The molecule has 2 fully saturated rings. The molecule has 0 radical (unpaired) electrons. The SMILES string of the molecule is Fc1ccc(CN[SH]2CCCC3(NCc4ccc(F)cc4)CCCC(C2)C3)cc1. The number of fused-ring (bicyclic) bond motifs is 2. The Morgan fingerprint density at radius 1 is 0.862 bits per heavy atom. The summed E-state index contributed by atoms with van der Waals surface area (Å²) in [5, 5.41) is 3.88. The predicted octanol–water partition coefficient (Wildman–Crippen LogP) is 5.48. The van der Waals surface area contributed by atoms with Crippen molar-refractivity contribution in [3.8, 4) is 0 Å². The summed E-state index contributed by atoms with van der Waals surface area (Å²) in [6.07, 6.45) is 7.60. The summed E-state index contributed by atoms with van der Waals surface area (Å²) in [7, 11) is 0. The van der Waals surface area contributed by atoms with Gasteiger partial charge in [0.05, 0.1) is 0 Å². The molecular weight excluding hydrogens is 386 g/mol. The van der Waals surface area contributed by atoms with Crippen molar-refractivity contribution >= 4 is 11.1 Å². The maximum Gasteiger partial charge on any atom is 0.123 e. The Morgan fingerprint density at radius 2 is 1.48 bits per heavy atom. The lowest BCUT2D eigenvalue weighted by molar-refractivity contribution is 0.171. The minimum absolute atomic E-state index is 0.169. The highest BCUT2D eigenvalue weighted by molar-refractivity contribution is 8.15. The van der Waals surface area contributed by atoms with E-state index in [1.807, 2.05) is 24.3 Å². The molecule has 29 heavy (non-hydrogen) atoms. The standard InChI is InChI=1S/C24H32F2N2S/c25-22-8-4-19(5-9-22)16-27-24-12-1-3-21(15-24)18-29(14-2-13-24)28-17-20-6-10-23(26)11-7-20/h4-11,21,27-29H,1-3,12-18H2. The van der Waals surface area contributed by atoms with Crippen LogP contribution in [0.2, 0.25) is 0 Å². The fourth-order valence-electron chi connectivity index (χ4n) is 4.97. The molecule has 0 aromatic heterocycles. The summed E-state index contributed by atoms with van der Waals surface area (Å²) in [6, 6.07) is 13.7. The molecule has 158 valence electrons. The lowest BCUT2D eigenvalue weighted by atomic mass is 9.73. The van der Waals surface area contributed by atoms with Crippen molar-refractivity contribution in [2.24, 2.45) is 5.92 Å². The minimum atomic E-state index is -0.169.